The number of aromatic nitrogens is 5. The average molecular weight is 437 g/mol. The molecule has 0 amide bonds. The monoisotopic (exact) mass is 436 g/mol. The van der Waals surface area contributed by atoms with Crippen LogP contribution in [-0.4, -0.2) is 69.5 Å². The summed E-state index contributed by atoms with van der Waals surface area (Å²) in [7, 11) is 3.35. The van der Waals surface area contributed by atoms with E-state index in [4.69, 9.17) is 9.47 Å². The highest BCUT2D eigenvalue weighted by Gasteiger charge is 2.24. The van der Waals surface area contributed by atoms with Gasteiger partial charge >= 0.3 is 5.69 Å². The van der Waals surface area contributed by atoms with E-state index in [2.05, 4.69) is 33.0 Å². The molecular formula is C23H28N6O3. The molecule has 0 bridgehead atoms. The van der Waals surface area contributed by atoms with E-state index < -0.39 is 0 Å². The number of fused-ring (bicyclic) bond motifs is 2. The number of piperidine rings is 1. The van der Waals surface area contributed by atoms with E-state index in [9.17, 15) is 4.79 Å². The maximum atomic E-state index is 13.0. The van der Waals surface area contributed by atoms with E-state index in [1.54, 1.807) is 18.7 Å². The molecule has 0 saturated carbocycles. The first-order chi connectivity index (χ1) is 15.6. The van der Waals surface area contributed by atoms with Crippen molar-refractivity contribution in [1.82, 2.24) is 29.0 Å². The van der Waals surface area contributed by atoms with Crippen molar-refractivity contribution in [3.8, 4) is 16.9 Å². The number of nitrogens with one attached hydrogen (secondary N) is 1. The number of ether oxygens (including phenoxy) is 2. The van der Waals surface area contributed by atoms with Gasteiger partial charge in [0.15, 0.2) is 11.4 Å². The second kappa shape index (κ2) is 8.40. The molecule has 5 rings (SSSR count). The average Bonchev–Trinajstić information content (AvgIpc) is 3.40. The fraction of sp³-hybridized carbons (Fsp3) is 0.435. The molecule has 1 aliphatic rings. The molecule has 168 valence electrons. The summed E-state index contributed by atoms with van der Waals surface area (Å²) in [6.45, 7) is 5.57. The summed E-state index contributed by atoms with van der Waals surface area (Å²) < 4.78 is 14.4. The molecule has 1 saturated heterocycles. The van der Waals surface area contributed by atoms with Gasteiger partial charge < -0.3 is 14.5 Å². The molecule has 3 aromatic heterocycles. The first kappa shape index (κ1) is 20.7. The number of aryl methyl sites for hydroxylation is 1. The minimum atomic E-state index is -0.0561. The molecule has 1 atom stereocenters. The zero-order chi connectivity index (χ0) is 22.2. The highest BCUT2D eigenvalue weighted by atomic mass is 16.5. The van der Waals surface area contributed by atoms with Crippen molar-refractivity contribution >= 4 is 16.7 Å². The van der Waals surface area contributed by atoms with E-state index in [1.165, 1.54) is 6.33 Å². The second-order valence-electron chi connectivity index (χ2n) is 8.40. The van der Waals surface area contributed by atoms with E-state index in [0.717, 1.165) is 60.2 Å². The van der Waals surface area contributed by atoms with Gasteiger partial charge in [-0.1, -0.05) is 0 Å². The maximum absolute atomic E-state index is 13.0. The molecule has 9 heteroatoms. The summed E-state index contributed by atoms with van der Waals surface area (Å²) in [6, 6.07) is 6.27. The van der Waals surface area contributed by atoms with Crippen LogP contribution < -0.4 is 10.4 Å². The third kappa shape index (κ3) is 3.57. The number of methoxy groups -OCH3 is 2. The largest absolute Gasteiger partial charge is 0.493 e. The highest BCUT2D eigenvalue weighted by Crippen LogP contribution is 2.32. The molecule has 1 aliphatic heterocycles. The van der Waals surface area contributed by atoms with Gasteiger partial charge in [0.1, 0.15) is 6.33 Å². The molecule has 0 unspecified atom stereocenters. The standard InChI is InChI=1S/C23H28N6O3/c1-15-9-20-19(11-18(15)16-10-21(32-3)22-24-14-25-28(22)12-16)26-23(30)29(20)17-5-4-6-27(13-17)7-8-31-2/h9-12,14,17H,4-8,13H2,1-3H3,(H,26,30)/t17-/m1/s1. The minimum absolute atomic E-state index is 0.0561. The van der Waals surface area contributed by atoms with Gasteiger partial charge in [0.05, 0.1) is 30.8 Å². The first-order valence-electron chi connectivity index (χ1n) is 10.9. The predicted molar refractivity (Wildman–Crippen MR) is 122 cm³/mol. The Balaban J connectivity index is 1.55. The summed E-state index contributed by atoms with van der Waals surface area (Å²) in [5, 5.41) is 4.26. The Labute approximate surface area is 185 Å². The maximum Gasteiger partial charge on any atom is 0.326 e. The number of imidazole rings is 1. The van der Waals surface area contributed by atoms with Gasteiger partial charge in [0, 0.05) is 32.0 Å². The van der Waals surface area contributed by atoms with Crippen molar-refractivity contribution in [2.24, 2.45) is 0 Å². The normalized spacial score (nSPS) is 17.4. The van der Waals surface area contributed by atoms with Crippen LogP contribution in [0.1, 0.15) is 24.4 Å². The van der Waals surface area contributed by atoms with E-state index in [1.807, 2.05) is 22.9 Å². The smallest absolute Gasteiger partial charge is 0.326 e. The number of pyridine rings is 1. The van der Waals surface area contributed by atoms with Crippen LogP contribution in [0.5, 0.6) is 5.75 Å². The van der Waals surface area contributed by atoms with Gasteiger partial charge in [0.2, 0.25) is 0 Å². The molecule has 1 fully saturated rings. The van der Waals surface area contributed by atoms with Crippen LogP contribution in [0.3, 0.4) is 0 Å². The molecule has 32 heavy (non-hydrogen) atoms. The van der Waals surface area contributed by atoms with Crippen molar-refractivity contribution in [2.75, 3.05) is 40.5 Å². The third-order valence-electron chi connectivity index (χ3n) is 6.39. The lowest BCUT2D eigenvalue weighted by Gasteiger charge is -2.33. The molecule has 1 N–H and O–H groups in total. The number of nitrogens with zero attached hydrogens (tertiary/aromatic N) is 5. The van der Waals surface area contributed by atoms with Crippen LogP contribution in [0.15, 0.2) is 35.5 Å². The quantitative estimate of drug-likeness (QED) is 0.500. The number of hydrogen-bond acceptors (Lipinski definition) is 6. The van der Waals surface area contributed by atoms with E-state index in [0.29, 0.717) is 18.0 Å². The van der Waals surface area contributed by atoms with Crippen molar-refractivity contribution in [1.29, 1.82) is 0 Å². The number of likely N-dealkylation sites (tertiary alicyclic amines) is 1. The Hall–Kier alpha value is -3.17. The zero-order valence-electron chi connectivity index (χ0n) is 18.7. The molecule has 0 aliphatic carbocycles. The third-order valence-corrected chi connectivity index (χ3v) is 6.39. The van der Waals surface area contributed by atoms with Gasteiger partial charge in [-0.25, -0.2) is 14.3 Å². The topological polar surface area (TPSA) is 89.7 Å². The summed E-state index contributed by atoms with van der Waals surface area (Å²) in [5.41, 5.74) is 5.46. The lowest BCUT2D eigenvalue weighted by atomic mass is 10.0. The lowest BCUT2D eigenvalue weighted by molar-refractivity contribution is 0.117. The Kier molecular flexibility index (Phi) is 5.44. The van der Waals surface area contributed by atoms with Crippen LogP contribution in [0, 0.1) is 6.92 Å². The second-order valence-corrected chi connectivity index (χ2v) is 8.40. The molecular weight excluding hydrogens is 408 g/mol. The molecule has 4 heterocycles. The molecule has 0 spiro atoms. The fourth-order valence-corrected chi connectivity index (χ4v) is 4.81. The molecule has 9 nitrogen and oxygen atoms in total. The summed E-state index contributed by atoms with van der Waals surface area (Å²) in [5.74, 6) is 0.656. The van der Waals surface area contributed by atoms with Crippen molar-refractivity contribution < 1.29 is 9.47 Å². The van der Waals surface area contributed by atoms with Gasteiger partial charge in [-0.15, -0.1) is 0 Å². The Morgan fingerprint density at radius 1 is 1.25 bits per heavy atom. The number of hydrogen-bond donors (Lipinski definition) is 1. The van der Waals surface area contributed by atoms with Crippen LogP contribution in [-0.2, 0) is 4.74 Å². The minimum Gasteiger partial charge on any atom is -0.493 e. The number of benzene rings is 1. The Morgan fingerprint density at radius 2 is 2.12 bits per heavy atom. The van der Waals surface area contributed by atoms with Crippen molar-refractivity contribution in [3.05, 3.63) is 46.8 Å². The Morgan fingerprint density at radius 3 is 2.94 bits per heavy atom. The van der Waals surface area contributed by atoms with Gasteiger partial charge in [0.25, 0.3) is 0 Å². The van der Waals surface area contributed by atoms with Crippen LogP contribution in [0.4, 0.5) is 0 Å². The van der Waals surface area contributed by atoms with Crippen LogP contribution in [0.25, 0.3) is 27.8 Å². The summed E-state index contributed by atoms with van der Waals surface area (Å²) in [4.78, 5) is 22.7. The van der Waals surface area contributed by atoms with E-state index >= 15 is 0 Å². The molecule has 1 aromatic carbocycles. The van der Waals surface area contributed by atoms with Gasteiger partial charge in [-0.2, -0.15) is 5.10 Å². The summed E-state index contributed by atoms with van der Waals surface area (Å²) >= 11 is 0. The predicted octanol–water partition coefficient (Wildman–Crippen LogP) is 2.64. The van der Waals surface area contributed by atoms with Crippen molar-refractivity contribution in [2.45, 2.75) is 25.8 Å². The number of H-pyrrole nitrogens is 1. The van der Waals surface area contributed by atoms with Crippen LogP contribution in [0.2, 0.25) is 0 Å². The van der Waals surface area contributed by atoms with Gasteiger partial charge in [-0.05, 0) is 55.6 Å². The SMILES string of the molecule is COCCN1CCC[C@@H](n2c(=O)[nH]c3cc(-c4cc(OC)c5ncnn5c4)c(C)cc32)C1. The van der Waals surface area contributed by atoms with Gasteiger partial charge in [-0.3, -0.25) is 9.47 Å². The fourth-order valence-electron chi connectivity index (χ4n) is 4.81. The lowest BCUT2D eigenvalue weighted by Crippen LogP contribution is -2.40. The molecule has 4 aromatic rings. The van der Waals surface area contributed by atoms with Crippen LogP contribution >= 0.6 is 0 Å². The van der Waals surface area contributed by atoms with E-state index in [-0.39, 0.29) is 11.7 Å². The first-order valence-corrected chi connectivity index (χ1v) is 10.9. The van der Waals surface area contributed by atoms with Crippen molar-refractivity contribution in [3.63, 3.8) is 0 Å². The summed E-state index contributed by atoms with van der Waals surface area (Å²) in [6.07, 6.45) is 5.51. The number of aromatic amines is 1. The Bertz CT molecular complexity index is 1320. The molecule has 0 radical (unpaired) electrons. The zero-order valence-corrected chi connectivity index (χ0v) is 18.7. The highest BCUT2D eigenvalue weighted by molar-refractivity contribution is 5.85. The number of rotatable bonds is 6.